The minimum Gasteiger partial charge on any atom is -0.390 e. The Morgan fingerprint density at radius 2 is 2.00 bits per heavy atom. The van der Waals surface area contributed by atoms with Crippen molar-refractivity contribution in [3.05, 3.63) is 0 Å². The molecule has 4 nitrogen and oxygen atoms in total. The molecule has 0 saturated heterocycles. The summed E-state index contributed by atoms with van der Waals surface area (Å²) in [7, 11) is 0. The van der Waals surface area contributed by atoms with Gasteiger partial charge in [-0.1, -0.05) is 0 Å². The molecule has 0 radical (unpaired) electrons. The second-order valence-corrected chi connectivity index (χ2v) is 2.66. The monoisotopic (exact) mass is 147 g/mol. The van der Waals surface area contributed by atoms with Gasteiger partial charge in [0.05, 0.1) is 6.10 Å². The van der Waals surface area contributed by atoms with Crippen LogP contribution < -0.4 is 5.90 Å². The molecule has 3 atom stereocenters. The molecule has 1 saturated carbocycles. The molecule has 1 fully saturated rings. The molecule has 4 heteroatoms. The van der Waals surface area contributed by atoms with Crippen LogP contribution in [-0.4, -0.2) is 28.5 Å². The van der Waals surface area contributed by atoms with Crippen LogP contribution in [0.15, 0.2) is 0 Å². The average molecular weight is 147 g/mol. The van der Waals surface area contributed by atoms with Crippen molar-refractivity contribution in [3.8, 4) is 0 Å². The minimum absolute atomic E-state index is 0.385. The van der Waals surface area contributed by atoms with E-state index in [1.165, 1.54) is 0 Å². The molecule has 1 rings (SSSR count). The highest BCUT2D eigenvalue weighted by Gasteiger charge is 2.30. The highest BCUT2D eigenvalue weighted by molar-refractivity contribution is 4.81. The standard InChI is InChI=1S/C6H13NO3/c7-10-5-3-1-2-4(8)6(5)9/h4-6,8-9H,1-3,7H2/t4-,5-,6-/m1/s1. The normalized spacial score (nSPS) is 41.7. The maximum Gasteiger partial charge on any atom is 0.108 e. The third kappa shape index (κ3) is 1.46. The number of hydrogen-bond donors (Lipinski definition) is 3. The van der Waals surface area contributed by atoms with Gasteiger partial charge >= 0.3 is 0 Å². The van der Waals surface area contributed by atoms with E-state index in [0.29, 0.717) is 6.42 Å². The van der Waals surface area contributed by atoms with Crippen LogP contribution in [-0.2, 0) is 4.84 Å². The van der Waals surface area contributed by atoms with Crippen LogP contribution >= 0.6 is 0 Å². The molecule has 4 N–H and O–H groups in total. The largest absolute Gasteiger partial charge is 0.390 e. The van der Waals surface area contributed by atoms with Crippen LogP contribution in [0.4, 0.5) is 0 Å². The van der Waals surface area contributed by atoms with Crippen LogP contribution in [0.25, 0.3) is 0 Å². The van der Waals surface area contributed by atoms with E-state index < -0.39 is 12.2 Å². The number of aliphatic hydroxyl groups excluding tert-OH is 2. The second-order valence-electron chi connectivity index (χ2n) is 2.66. The molecule has 0 aliphatic heterocycles. The number of nitrogens with two attached hydrogens (primary N) is 1. The maximum absolute atomic E-state index is 9.18. The molecule has 0 aromatic rings. The summed E-state index contributed by atoms with van der Waals surface area (Å²) in [5, 5.41) is 18.3. The zero-order chi connectivity index (χ0) is 7.56. The lowest BCUT2D eigenvalue weighted by atomic mass is 9.92. The Labute approximate surface area is 59.6 Å². The molecule has 0 aromatic carbocycles. The Balaban J connectivity index is 2.42. The van der Waals surface area contributed by atoms with E-state index in [1.807, 2.05) is 0 Å². The van der Waals surface area contributed by atoms with Gasteiger partial charge < -0.3 is 10.2 Å². The van der Waals surface area contributed by atoms with E-state index in [4.69, 9.17) is 11.0 Å². The van der Waals surface area contributed by atoms with Crippen LogP contribution in [0, 0.1) is 0 Å². The minimum atomic E-state index is -0.807. The first-order valence-electron chi connectivity index (χ1n) is 3.47. The van der Waals surface area contributed by atoms with Crippen molar-refractivity contribution in [2.75, 3.05) is 0 Å². The Hall–Kier alpha value is -0.160. The molecule has 0 heterocycles. The van der Waals surface area contributed by atoms with Crippen LogP contribution in [0.3, 0.4) is 0 Å². The van der Waals surface area contributed by atoms with Crippen molar-refractivity contribution in [1.82, 2.24) is 0 Å². The Bertz CT molecular complexity index is 109. The van der Waals surface area contributed by atoms with Gasteiger partial charge in [-0.2, -0.15) is 0 Å². The van der Waals surface area contributed by atoms with Gasteiger partial charge in [0.1, 0.15) is 12.2 Å². The zero-order valence-electron chi connectivity index (χ0n) is 5.73. The quantitative estimate of drug-likeness (QED) is 0.422. The predicted octanol–water partition coefficient (Wildman–Crippen LogP) is -0.849. The fourth-order valence-electron chi connectivity index (χ4n) is 1.27. The molecule has 0 amide bonds. The fourth-order valence-corrected chi connectivity index (χ4v) is 1.27. The van der Waals surface area contributed by atoms with Crippen LogP contribution in [0.1, 0.15) is 19.3 Å². The van der Waals surface area contributed by atoms with Crippen molar-refractivity contribution in [1.29, 1.82) is 0 Å². The van der Waals surface area contributed by atoms with Gasteiger partial charge in [-0.3, -0.25) is 4.84 Å². The van der Waals surface area contributed by atoms with E-state index in [1.54, 1.807) is 0 Å². The van der Waals surface area contributed by atoms with Crippen LogP contribution in [0.2, 0.25) is 0 Å². The Morgan fingerprint density at radius 1 is 1.30 bits per heavy atom. The summed E-state index contributed by atoms with van der Waals surface area (Å²) in [5.41, 5.74) is 0. The topological polar surface area (TPSA) is 75.7 Å². The van der Waals surface area contributed by atoms with E-state index in [-0.39, 0.29) is 6.10 Å². The van der Waals surface area contributed by atoms with Gasteiger partial charge in [0.2, 0.25) is 0 Å². The molecule has 10 heavy (non-hydrogen) atoms. The summed E-state index contributed by atoms with van der Waals surface area (Å²) in [6.45, 7) is 0. The molecule has 0 aromatic heterocycles. The number of hydrogen-bond acceptors (Lipinski definition) is 4. The molecule has 1 aliphatic carbocycles. The lowest BCUT2D eigenvalue weighted by molar-refractivity contribution is -0.114. The SMILES string of the molecule is NO[C@@H]1CCC[C@@H](O)[C@H]1O. The van der Waals surface area contributed by atoms with Crippen LogP contribution in [0.5, 0.6) is 0 Å². The van der Waals surface area contributed by atoms with Gasteiger partial charge in [0.15, 0.2) is 0 Å². The molecule has 60 valence electrons. The van der Waals surface area contributed by atoms with Crippen molar-refractivity contribution in [2.45, 2.75) is 37.6 Å². The van der Waals surface area contributed by atoms with Gasteiger partial charge in [-0.05, 0) is 19.3 Å². The van der Waals surface area contributed by atoms with Crippen molar-refractivity contribution in [2.24, 2.45) is 5.90 Å². The summed E-state index contributed by atoms with van der Waals surface area (Å²) < 4.78 is 0. The lowest BCUT2D eigenvalue weighted by Crippen LogP contribution is -2.43. The summed E-state index contributed by atoms with van der Waals surface area (Å²) in [6.07, 6.45) is 0.375. The first-order chi connectivity index (χ1) is 4.75. The van der Waals surface area contributed by atoms with Gasteiger partial charge in [0, 0.05) is 0 Å². The molecular formula is C6H13NO3. The van der Waals surface area contributed by atoms with Crippen molar-refractivity contribution in [3.63, 3.8) is 0 Å². The summed E-state index contributed by atoms with van der Waals surface area (Å²) in [5.74, 6) is 4.88. The number of rotatable bonds is 1. The highest BCUT2D eigenvalue weighted by Crippen LogP contribution is 2.20. The Kier molecular flexibility index (Phi) is 2.62. The van der Waals surface area contributed by atoms with Gasteiger partial charge in [-0.15, -0.1) is 0 Å². The van der Waals surface area contributed by atoms with Gasteiger partial charge in [0.25, 0.3) is 0 Å². The first kappa shape index (κ1) is 7.94. The lowest BCUT2D eigenvalue weighted by Gasteiger charge is -2.29. The molecule has 0 spiro atoms. The van der Waals surface area contributed by atoms with E-state index in [2.05, 4.69) is 4.84 Å². The average Bonchev–Trinajstić information content (AvgIpc) is 1.95. The third-order valence-corrected chi connectivity index (χ3v) is 1.94. The third-order valence-electron chi connectivity index (χ3n) is 1.94. The second kappa shape index (κ2) is 3.30. The van der Waals surface area contributed by atoms with Crippen molar-refractivity contribution >= 4 is 0 Å². The van der Waals surface area contributed by atoms with Crippen molar-refractivity contribution < 1.29 is 15.1 Å². The van der Waals surface area contributed by atoms with Gasteiger partial charge in [-0.25, -0.2) is 5.90 Å². The molecule has 1 aliphatic rings. The molecule has 0 bridgehead atoms. The highest BCUT2D eigenvalue weighted by atomic mass is 16.6. The number of aliphatic hydroxyl groups is 2. The maximum atomic E-state index is 9.18. The van der Waals surface area contributed by atoms with E-state index in [0.717, 1.165) is 12.8 Å². The Morgan fingerprint density at radius 3 is 2.50 bits per heavy atom. The van der Waals surface area contributed by atoms with E-state index >= 15 is 0 Å². The molecular weight excluding hydrogens is 134 g/mol. The smallest absolute Gasteiger partial charge is 0.108 e. The fraction of sp³-hybridized carbons (Fsp3) is 1.00. The summed E-state index contributed by atoms with van der Waals surface area (Å²) >= 11 is 0. The van der Waals surface area contributed by atoms with E-state index in [9.17, 15) is 5.11 Å². The molecule has 0 unspecified atom stereocenters. The first-order valence-corrected chi connectivity index (χ1v) is 3.47. The zero-order valence-corrected chi connectivity index (χ0v) is 5.73. The predicted molar refractivity (Wildman–Crippen MR) is 34.9 cm³/mol. The summed E-state index contributed by atoms with van der Waals surface area (Å²) in [6, 6.07) is 0. The summed E-state index contributed by atoms with van der Waals surface area (Å²) in [4.78, 5) is 4.46.